The summed E-state index contributed by atoms with van der Waals surface area (Å²) < 4.78 is 0. The Morgan fingerprint density at radius 1 is 1.59 bits per heavy atom. The highest BCUT2D eigenvalue weighted by Crippen LogP contribution is 2.27. The lowest BCUT2D eigenvalue weighted by Gasteiger charge is -2.31. The van der Waals surface area contributed by atoms with Crippen LogP contribution in [0.15, 0.2) is 11.6 Å². The van der Waals surface area contributed by atoms with Crippen molar-refractivity contribution in [3.63, 3.8) is 0 Å². The van der Waals surface area contributed by atoms with Gasteiger partial charge in [0.2, 0.25) is 5.91 Å². The van der Waals surface area contributed by atoms with E-state index in [1.54, 1.807) is 0 Å². The second-order valence-corrected chi connectivity index (χ2v) is 6.20. The van der Waals surface area contributed by atoms with E-state index >= 15 is 0 Å². The summed E-state index contributed by atoms with van der Waals surface area (Å²) in [5, 5.41) is 3.47. The summed E-state index contributed by atoms with van der Waals surface area (Å²) in [5.74, 6) is 1.12. The third-order valence-corrected chi connectivity index (χ3v) is 3.37. The first-order valence-electron chi connectivity index (χ1n) is 6.49. The number of primary amides is 1. The molecule has 1 aliphatic rings. The molecule has 0 aromatic rings. The maximum Gasteiger partial charge on any atom is 0.219 e. The van der Waals surface area contributed by atoms with E-state index in [2.05, 4.69) is 25.2 Å². The highest BCUT2D eigenvalue weighted by Gasteiger charge is 2.23. The molecular formula is C14H26N2O. The molecule has 3 nitrogen and oxygen atoms in total. The largest absolute Gasteiger partial charge is 0.370 e. The van der Waals surface area contributed by atoms with Crippen molar-refractivity contribution in [3.05, 3.63) is 11.6 Å². The molecule has 0 radical (unpaired) electrons. The van der Waals surface area contributed by atoms with E-state index in [0.29, 0.717) is 18.3 Å². The summed E-state index contributed by atoms with van der Waals surface area (Å²) in [6, 6.07) is 0. The van der Waals surface area contributed by atoms with Gasteiger partial charge in [-0.3, -0.25) is 4.79 Å². The average Bonchev–Trinajstić information content (AvgIpc) is 2.11. The van der Waals surface area contributed by atoms with Gasteiger partial charge in [0.15, 0.2) is 0 Å². The van der Waals surface area contributed by atoms with Gasteiger partial charge >= 0.3 is 0 Å². The van der Waals surface area contributed by atoms with Crippen molar-refractivity contribution in [1.82, 2.24) is 5.32 Å². The minimum atomic E-state index is -0.240. The van der Waals surface area contributed by atoms with Crippen LogP contribution < -0.4 is 11.1 Å². The monoisotopic (exact) mass is 238 g/mol. The number of nitrogens with one attached hydrogen (secondary N) is 1. The quantitative estimate of drug-likeness (QED) is 0.722. The zero-order chi connectivity index (χ0) is 13.1. The Morgan fingerprint density at radius 2 is 2.24 bits per heavy atom. The van der Waals surface area contributed by atoms with Crippen LogP contribution in [0.4, 0.5) is 0 Å². The van der Waals surface area contributed by atoms with E-state index in [9.17, 15) is 4.79 Å². The summed E-state index contributed by atoms with van der Waals surface area (Å²) in [6.45, 7) is 9.51. The molecule has 1 amide bonds. The highest BCUT2D eigenvalue weighted by atomic mass is 16.1. The van der Waals surface area contributed by atoms with Crippen LogP contribution in [0.25, 0.3) is 0 Å². The van der Waals surface area contributed by atoms with Gasteiger partial charge in [-0.25, -0.2) is 0 Å². The first-order chi connectivity index (χ1) is 7.78. The van der Waals surface area contributed by atoms with Crippen molar-refractivity contribution in [3.8, 4) is 0 Å². The molecule has 0 fully saturated rings. The van der Waals surface area contributed by atoms with Gasteiger partial charge in [-0.15, -0.1) is 0 Å². The minimum Gasteiger partial charge on any atom is -0.370 e. The van der Waals surface area contributed by atoms with E-state index in [-0.39, 0.29) is 11.4 Å². The third-order valence-electron chi connectivity index (χ3n) is 3.37. The van der Waals surface area contributed by atoms with Crippen LogP contribution in [-0.2, 0) is 4.79 Å². The number of nitrogens with two attached hydrogens (primary N) is 1. The molecule has 0 heterocycles. The summed E-state index contributed by atoms with van der Waals surface area (Å²) in [7, 11) is 0. The Kier molecular flexibility index (Phi) is 4.75. The Morgan fingerprint density at radius 3 is 2.76 bits per heavy atom. The number of carbonyl (C=O) groups excluding carboxylic acids is 1. The number of allylic oxidation sites excluding steroid dienone is 2. The smallest absolute Gasteiger partial charge is 0.219 e. The fourth-order valence-electron chi connectivity index (χ4n) is 2.76. The molecule has 17 heavy (non-hydrogen) atoms. The van der Waals surface area contributed by atoms with Crippen LogP contribution in [0.2, 0.25) is 0 Å². The molecule has 1 aliphatic carbocycles. The number of amides is 1. The van der Waals surface area contributed by atoms with Crippen molar-refractivity contribution in [2.45, 2.75) is 52.5 Å². The predicted molar refractivity (Wildman–Crippen MR) is 71.5 cm³/mol. The van der Waals surface area contributed by atoms with Gasteiger partial charge < -0.3 is 11.1 Å². The van der Waals surface area contributed by atoms with Crippen molar-refractivity contribution in [1.29, 1.82) is 0 Å². The third kappa shape index (κ3) is 5.35. The Hall–Kier alpha value is -0.830. The molecule has 2 atom stereocenters. The SMILES string of the molecule is CC1=CC(C)CC(CNC(C)(C)CC(N)=O)C1. The van der Waals surface area contributed by atoms with Gasteiger partial charge in [0.25, 0.3) is 0 Å². The van der Waals surface area contributed by atoms with Crippen molar-refractivity contribution < 1.29 is 4.79 Å². The summed E-state index contributed by atoms with van der Waals surface area (Å²) in [5.41, 5.74) is 6.54. The maximum absolute atomic E-state index is 10.9. The number of hydrogen-bond acceptors (Lipinski definition) is 2. The molecule has 0 saturated heterocycles. The highest BCUT2D eigenvalue weighted by molar-refractivity contribution is 5.74. The van der Waals surface area contributed by atoms with Gasteiger partial charge in [0.1, 0.15) is 0 Å². The standard InChI is InChI=1S/C14H26N2O/c1-10-5-11(2)7-12(6-10)9-16-14(3,4)8-13(15)17/h5,10,12,16H,6-9H2,1-4H3,(H2,15,17). The van der Waals surface area contributed by atoms with Crippen molar-refractivity contribution >= 4 is 5.91 Å². The lowest BCUT2D eigenvalue weighted by Crippen LogP contribution is -2.45. The first-order valence-corrected chi connectivity index (χ1v) is 6.49. The average molecular weight is 238 g/mol. The van der Waals surface area contributed by atoms with E-state index in [1.165, 1.54) is 18.4 Å². The van der Waals surface area contributed by atoms with E-state index in [0.717, 1.165) is 6.54 Å². The molecule has 0 aromatic carbocycles. The van der Waals surface area contributed by atoms with Crippen LogP contribution >= 0.6 is 0 Å². The van der Waals surface area contributed by atoms with Crippen LogP contribution in [0.3, 0.4) is 0 Å². The molecular weight excluding hydrogens is 212 g/mol. The minimum absolute atomic E-state index is 0.190. The molecule has 3 N–H and O–H groups in total. The van der Waals surface area contributed by atoms with Gasteiger partial charge in [0.05, 0.1) is 0 Å². The van der Waals surface area contributed by atoms with Crippen LogP contribution in [-0.4, -0.2) is 18.0 Å². The predicted octanol–water partition coefficient (Wildman–Crippen LogP) is 2.22. The molecule has 1 rings (SSSR count). The van der Waals surface area contributed by atoms with Gasteiger partial charge in [0, 0.05) is 12.0 Å². The van der Waals surface area contributed by atoms with Gasteiger partial charge in [-0.1, -0.05) is 18.6 Å². The molecule has 0 aromatic heterocycles. The summed E-state index contributed by atoms with van der Waals surface area (Å²) in [4.78, 5) is 10.9. The Balaban J connectivity index is 2.41. The van der Waals surface area contributed by atoms with Gasteiger partial charge in [-0.05, 0) is 52.0 Å². The van der Waals surface area contributed by atoms with Crippen molar-refractivity contribution in [2.24, 2.45) is 17.6 Å². The lowest BCUT2D eigenvalue weighted by atomic mass is 9.83. The molecule has 0 spiro atoms. The zero-order valence-electron chi connectivity index (χ0n) is 11.5. The fourth-order valence-corrected chi connectivity index (χ4v) is 2.76. The first kappa shape index (κ1) is 14.2. The number of hydrogen-bond donors (Lipinski definition) is 2. The molecule has 3 heteroatoms. The van der Waals surface area contributed by atoms with Crippen molar-refractivity contribution in [2.75, 3.05) is 6.54 Å². The number of carbonyl (C=O) groups is 1. The normalized spacial score (nSPS) is 25.5. The summed E-state index contributed by atoms with van der Waals surface area (Å²) in [6.07, 6.45) is 5.16. The second kappa shape index (κ2) is 5.67. The van der Waals surface area contributed by atoms with Crippen LogP contribution in [0, 0.1) is 11.8 Å². The second-order valence-electron chi connectivity index (χ2n) is 6.20. The Labute approximate surface area is 105 Å². The Bertz CT molecular complexity index is 307. The van der Waals surface area contributed by atoms with E-state index in [4.69, 9.17) is 5.73 Å². The molecule has 0 bridgehead atoms. The van der Waals surface area contributed by atoms with Crippen LogP contribution in [0.1, 0.15) is 47.0 Å². The molecule has 0 aliphatic heterocycles. The topological polar surface area (TPSA) is 55.1 Å². The van der Waals surface area contributed by atoms with E-state index in [1.807, 2.05) is 13.8 Å². The maximum atomic E-state index is 10.9. The molecule has 0 saturated carbocycles. The summed E-state index contributed by atoms with van der Waals surface area (Å²) >= 11 is 0. The fraction of sp³-hybridized carbons (Fsp3) is 0.786. The van der Waals surface area contributed by atoms with Gasteiger partial charge in [-0.2, -0.15) is 0 Å². The molecule has 98 valence electrons. The van der Waals surface area contributed by atoms with E-state index < -0.39 is 0 Å². The number of rotatable bonds is 5. The van der Waals surface area contributed by atoms with Crippen LogP contribution in [0.5, 0.6) is 0 Å². The molecule has 2 unspecified atom stereocenters. The zero-order valence-corrected chi connectivity index (χ0v) is 11.5. The lowest BCUT2D eigenvalue weighted by molar-refractivity contribution is -0.119.